The van der Waals surface area contributed by atoms with E-state index in [2.05, 4.69) is 0 Å². The fourth-order valence-electron chi connectivity index (χ4n) is 1.43. The first-order valence-corrected chi connectivity index (χ1v) is 4.64. The van der Waals surface area contributed by atoms with Crippen LogP contribution in [0, 0.1) is 0 Å². The summed E-state index contributed by atoms with van der Waals surface area (Å²) in [6.07, 6.45) is -5.27. The Morgan fingerprint density at radius 1 is 1.69 bits per heavy atom. The van der Waals surface area contributed by atoms with Crippen LogP contribution in [0.25, 0.3) is 0 Å². The lowest BCUT2D eigenvalue weighted by Gasteiger charge is -2.13. The molecule has 7 nitrogen and oxygen atoms in total. The molecule has 16 heavy (non-hydrogen) atoms. The highest BCUT2D eigenvalue weighted by molar-refractivity contribution is 4.88. The zero-order valence-electron chi connectivity index (χ0n) is 10.2. The van der Waals surface area contributed by atoms with Crippen LogP contribution < -0.4 is 11.2 Å². The smallest absolute Gasteiger partial charge is 0.330 e. The van der Waals surface area contributed by atoms with Gasteiger partial charge in [-0.05, 0) is 0 Å². The molecule has 2 rings (SSSR count). The highest BCUT2D eigenvalue weighted by Crippen LogP contribution is 2.26. The van der Waals surface area contributed by atoms with Gasteiger partial charge in [0, 0.05) is 21.4 Å². The summed E-state index contributed by atoms with van der Waals surface area (Å²) in [4.78, 5) is 24.4. The minimum Gasteiger partial charge on any atom is -0.394 e. The van der Waals surface area contributed by atoms with Crippen molar-refractivity contribution in [3.05, 3.63) is 33.1 Å². The van der Waals surface area contributed by atoms with E-state index < -0.39 is 42.7 Å². The third-order valence-corrected chi connectivity index (χ3v) is 2.25. The van der Waals surface area contributed by atoms with E-state index in [-0.39, 0.29) is 0 Å². The van der Waals surface area contributed by atoms with Gasteiger partial charge in [-0.3, -0.25) is 14.3 Å². The van der Waals surface area contributed by atoms with E-state index in [0.29, 0.717) is 0 Å². The molecule has 0 radical (unpaired) electrons. The predicted octanol–water partition coefficient (Wildman–Crippen LogP) is -1.82. The van der Waals surface area contributed by atoms with Crippen molar-refractivity contribution in [3.63, 3.8) is 0 Å². The van der Waals surface area contributed by atoms with Gasteiger partial charge in [0.2, 0.25) is 0 Å². The van der Waals surface area contributed by atoms with E-state index >= 15 is 0 Å². The summed E-state index contributed by atoms with van der Waals surface area (Å²) in [7, 11) is 0. The number of nitrogens with one attached hydrogen (secondary N) is 1. The van der Waals surface area contributed by atoms with Gasteiger partial charge in [-0.15, -0.1) is 0 Å². The maximum absolute atomic E-state index is 11.5. The van der Waals surface area contributed by atoms with Gasteiger partial charge < -0.3 is 14.9 Å². The molecule has 0 aromatic carbocycles. The van der Waals surface area contributed by atoms with Crippen molar-refractivity contribution in [2.45, 2.75) is 24.8 Å². The summed E-state index contributed by atoms with van der Waals surface area (Å²) in [6, 6.07) is 1.04. The van der Waals surface area contributed by atoms with E-state index in [1.54, 1.807) is 0 Å². The number of rotatable bonds is 2. The van der Waals surface area contributed by atoms with Crippen molar-refractivity contribution in [1.82, 2.24) is 9.55 Å². The monoisotopic (exact) mass is 230 g/mol. The predicted molar refractivity (Wildman–Crippen MR) is 52.9 cm³/mol. The Hall–Kier alpha value is -1.44. The second-order valence-electron chi connectivity index (χ2n) is 3.34. The number of H-pyrrole nitrogens is 1. The van der Waals surface area contributed by atoms with Crippen molar-refractivity contribution in [2.75, 3.05) is 6.61 Å². The van der Waals surface area contributed by atoms with Gasteiger partial charge in [0.15, 0.2) is 0 Å². The normalized spacial score (nSPS) is 34.5. The quantitative estimate of drug-likeness (QED) is 0.554. The van der Waals surface area contributed by atoms with Gasteiger partial charge >= 0.3 is 5.69 Å². The molecule has 0 saturated carbocycles. The molecule has 0 spiro atoms. The first-order valence-electron chi connectivity index (χ1n) is 5.64. The Kier molecular flexibility index (Phi) is 2.28. The fraction of sp³-hybridized carbons (Fsp3) is 0.556. The van der Waals surface area contributed by atoms with Crippen LogP contribution in [0.4, 0.5) is 0 Å². The van der Waals surface area contributed by atoms with Crippen LogP contribution >= 0.6 is 0 Å². The largest absolute Gasteiger partial charge is 0.394 e. The average molecular weight is 230 g/mol. The Balaban J connectivity index is 2.45. The number of aromatic amines is 1. The summed E-state index contributed by atoms with van der Waals surface area (Å²) in [6.45, 7) is -0.574. The Morgan fingerprint density at radius 3 is 3.00 bits per heavy atom. The maximum Gasteiger partial charge on any atom is 0.330 e. The van der Waals surface area contributed by atoms with Crippen molar-refractivity contribution < 1.29 is 17.7 Å². The molecule has 0 aliphatic carbocycles. The lowest BCUT2D eigenvalue weighted by molar-refractivity contribution is -0.0459. The summed E-state index contributed by atoms with van der Waals surface area (Å²) in [5.41, 5.74) is -1.46. The number of aromatic nitrogens is 2. The van der Waals surface area contributed by atoms with Crippen molar-refractivity contribution in [2.24, 2.45) is 0 Å². The van der Waals surface area contributed by atoms with Gasteiger partial charge in [-0.2, -0.15) is 0 Å². The molecular weight excluding hydrogens is 216 g/mol. The Labute approximate surface area is 92.7 Å². The first kappa shape index (κ1) is 8.68. The highest BCUT2D eigenvalue weighted by atomic mass is 16.5. The molecular formula is C9H12N2O5. The van der Waals surface area contributed by atoms with Gasteiger partial charge in [0.25, 0.3) is 5.56 Å². The molecule has 0 bridgehead atoms. The number of nitrogens with zero attached hydrogens (tertiary/aromatic N) is 1. The van der Waals surface area contributed by atoms with Gasteiger partial charge in [-0.25, -0.2) is 4.79 Å². The van der Waals surface area contributed by atoms with Crippen LogP contribution in [0.1, 0.15) is 15.3 Å². The van der Waals surface area contributed by atoms with Crippen LogP contribution in [0.15, 0.2) is 21.9 Å². The number of ether oxygens (including phenoxy) is 1. The number of hydrogen-bond acceptors (Lipinski definition) is 5. The standard InChI is InChI=1S/C9H12N2O5/c12-4-6-5(13)3-8(16-6)11-2-1-7(14)10-9(11)15/h1-2,5-6,8,12-13H,3-4H2,(H,10,14,15)/t5-,6+,8+/m0/s1/i3D2. The molecule has 88 valence electrons. The third kappa shape index (κ3) is 1.92. The average Bonchev–Trinajstić information content (AvgIpc) is 2.52. The molecule has 1 aromatic heterocycles. The number of hydrogen-bond donors (Lipinski definition) is 3. The second-order valence-corrected chi connectivity index (χ2v) is 3.34. The SMILES string of the molecule is [2H]C1([2H])[C@H](O)[C@@H](CO)O[C@H]1n1ccc(=O)[nH]c1=O. The lowest BCUT2D eigenvalue weighted by atomic mass is 10.2. The minimum atomic E-state index is -2.25. The van der Waals surface area contributed by atoms with E-state index in [4.69, 9.17) is 12.6 Å². The van der Waals surface area contributed by atoms with E-state index in [1.165, 1.54) is 0 Å². The summed E-state index contributed by atoms with van der Waals surface area (Å²) >= 11 is 0. The molecule has 7 heteroatoms. The van der Waals surface area contributed by atoms with Crippen molar-refractivity contribution in [1.29, 1.82) is 0 Å². The van der Waals surface area contributed by atoms with E-state index in [9.17, 15) is 14.7 Å². The molecule has 0 amide bonds. The summed E-state index contributed by atoms with van der Waals surface area (Å²) in [5.74, 6) is 0. The molecule has 0 unspecified atom stereocenters. The van der Waals surface area contributed by atoms with Gasteiger partial charge in [0.1, 0.15) is 12.3 Å². The molecule has 1 saturated heterocycles. The lowest BCUT2D eigenvalue weighted by Crippen LogP contribution is -2.31. The topological polar surface area (TPSA) is 105 Å². The fourth-order valence-corrected chi connectivity index (χ4v) is 1.43. The number of aliphatic hydroxyl groups is 2. The van der Waals surface area contributed by atoms with Crippen molar-refractivity contribution in [3.8, 4) is 0 Å². The molecule has 1 aliphatic heterocycles. The summed E-state index contributed by atoms with van der Waals surface area (Å²) in [5, 5.41) is 18.6. The van der Waals surface area contributed by atoms with Crippen molar-refractivity contribution >= 4 is 0 Å². The van der Waals surface area contributed by atoms with Crippen LogP contribution in [-0.2, 0) is 4.74 Å². The maximum atomic E-state index is 11.5. The van der Waals surface area contributed by atoms with E-state index in [0.717, 1.165) is 16.8 Å². The van der Waals surface area contributed by atoms with E-state index in [1.807, 2.05) is 4.98 Å². The van der Waals surface area contributed by atoms with Crippen LogP contribution in [0.5, 0.6) is 0 Å². The molecule has 1 fully saturated rings. The number of aliphatic hydroxyl groups excluding tert-OH is 2. The van der Waals surface area contributed by atoms with Gasteiger partial charge in [0.05, 0.1) is 12.7 Å². The summed E-state index contributed by atoms with van der Waals surface area (Å²) < 4.78 is 21.3. The third-order valence-electron chi connectivity index (χ3n) is 2.25. The first-order chi connectivity index (χ1) is 8.37. The molecule has 1 aliphatic rings. The molecule has 3 N–H and O–H groups in total. The van der Waals surface area contributed by atoms with Crippen LogP contribution in [0.3, 0.4) is 0 Å². The molecule has 3 atom stereocenters. The van der Waals surface area contributed by atoms with Crippen LogP contribution in [0.2, 0.25) is 0 Å². The zero-order valence-corrected chi connectivity index (χ0v) is 8.16. The molecule has 1 aromatic rings. The highest BCUT2D eigenvalue weighted by Gasteiger charge is 2.34. The van der Waals surface area contributed by atoms with Crippen LogP contribution in [-0.4, -0.2) is 38.6 Å². The molecule has 2 heterocycles. The second kappa shape index (κ2) is 4.20. The zero-order chi connectivity index (χ0) is 13.5. The minimum absolute atomic E-state index is 0.574. The Morgan fingerprint density at radius 2 is 2.44 bits per heavy atom. The van der Waals surface area contributed by atoms with Gasteiger partial charge in [-0.1, -0.05) is 0 Å². The Bertz CT molecular complexity index is 554.